The third-order valence-electron chi connectivity index (χ3n) is 6.45. The highest BCUT2D eigenvalue weighted by Gasteiger charge is 2.40. The van der Waals surface area contributed by atoms with Gasteiger partial charge in [-0.05, 0) is 50.2 Å². The molecular formula is C26H28N2O5S. The molecule has 8 heteroatoms. The molecule has 1 spiro atoms. The minimum atomic E-state index is -1.20. The van der Waals surface area contributed by atoms with E-state index in [0.29, 0.717) is 67.8 Å². The van der Waals surface area contributed by atoms with Crippen LogP contribution in [0.25, 0.3) is 11.5 Å². The number of carbonyl (C=O) groups excluding carboxylic acids is 1. The van der Waals surface area contributed by atoms with Gasteiger partial charge < -0.3 is 18.8 Å². The first-order chi connectivity index (χ1) is 16.4. The molecule has 2 fully saturated rings. The van der Waals surface area contributed by atoms with Crippen LogP contribution in [0.5, 0.6) is 0 Å². The second-order valence-electron chi connectivity index (χ2n) is 8.80. The van der Waals surface area contributed by atoms with Crippen LogP contribution in [-0.4, -0.2) is 52.1 Å². The number of carbonyl (C=O) groups is 1. The van der Waals surface area contributed by atoms with Crippen molar-refractivity contribution in [2.45, 2.75) is 43.1 Å². The molecule has 2 saturated heterocycles. The molecule has 1 aromatic heterocycles. The van der Waals surface area contributed by atoms with E-state index in [4.69, 9.17) is 13.9 Å². The van der Waals surface area contributed by atoms with Crippen LogP contribution in [0.2, 0.25) is 0 Å². The highest BCUT2D eigenvalue weighted by Crippen LogP contribution is 2.32. The van der Waals surface area contributed by atoms with Crippen molar-refractivity contribution in [1.29, 1.82) is 0 Å². The third-order valence-corrected chi connectivity index (χ3v) is 7.78. The fourth-order valence-corrected chi connectivity index (χ4v) is 5.48. The van der Waals surface area contributed by atoms with Gasteiger partial charge in [0.2, 0.25) is 5.89 Å². The summed E-state index contributed by atoms with van der Waals surface area (Å²) in [5.41, 5.74) is 3.20. The van der Waals surface area contributed by atoms with Crippen molar-refractivity contribution in [3.05, 3.63) is 71.1 Å². The van der Waals surface area contributed by atoms with Gasteiger partial charge in [0.25, 0.3) is 5.91 Å². The van der Waals surface area contributed by atoms with E-state index in [1.54, 1.807) is 12.1 Å². The maximum absolute atomic E-state index is 13.0. The highest BCUT2D eigenvalue weighted by atomic mass is 32.2. The predicted octanol–water partition coefficient (Wildman–Crippen LogP) is 4.25. The molecule has 5 rings (SSSR count). The zero-order valence-corrected chi connectivity index (χ0v) is 20.2. The first-order valence-electron chi connectivity index (χ1n) is 11.5. The van der Waals surface area contributed by atoms with Crippen LogP contribution in [0.15, 0.2) is 57.8 Å². The number of piperidine rings is 1. The predicted molar refractivity (Wildman–Crippen MR) is 128 cm³/mol. The molecule has 2 aliphatic heterocycles. The van der Waals surface area contributed by atoms with Crippen molar-refractivity contribution < 1.29 is 22.9 Å². The van der Waals surface area contributed by atoms with Crippen LogP contribution in [0.1, 0.15) is 40.2 Å². The first kappa shape index (κ1) is 23.0. The summed E-state index contributed by atoms with van der Waals surface area (Å²) in [4.78, 5) is 20.2. The summed E-state index contributed by atoms with van der Waals surface area (Å²) >= 11 is 0. The first-order valence-corrected chi connectivity index (χ1v) is 12.8. The zero-order chi connectivity index (χ0) is 23.7. The van der Waals surface area contributed by atoms with Crippen LogP contribution in [0.4, 0.5) is 0 Å². The largest absolute Gasteiger partial charge is 0.441 e. The van der Waals surface area contributed by atoms with Gasteiger partial charge in [0.1, 0.15) is 5.76 Å². The second kappa shape index (κ2) is 9.44. The van der Waals surface area contributed by atoms with E-state index in [-0.39, 0.29) is 5.91 Å². The Hall–Kier alpha value is -2.81. The average molecular weight is 481 g/mol. The maximum Gasteiger partial charge on any atom is 0.253 e. The molecule has 3 aromatic rings. The summed E-state index contributed by atoms with van der Waals surface area (Å²) in [5, 5.41) is 0. The molecule has 0 unspecified atom stereocenters. The molecule has 0 saturated carbocycles. The Morgan fingerprint density at radius 2 is 1.65 bits per heavy atom. The van der Waals surface area contributed by atoms with E-state index in [1.165, 1.54) is 0 Å². The Morgan fingerprint density at radius 3 is 2.29 bits per heavy atom. The SMILES string of the molecule is Cc1ccc([S@@](=O)Cc2nc(-c3ccc(C(=O)N4CCC5(CC4)OCCO5)cc3)oc2C)cc1. The Kier molecular flexibility index (Phi) is 6.38. The topological polar surface area (TPSA) is 81.9 Å². The van der Waals surface area contributed by atoms with Crippen molar-refractivity contribution in [3.8, 4) is 11.5 Å². The number of ether oxygens (including phenoxy) is 2. The molecule has 7 nitrogen and oxygen atoms in total. The second-order valence-corrected chi connectivity index (χ2v) is 10.3. The van der Waals surface area contributed by atoms with Crippen molar-refractivity contribution >= 4 is 16.7 Å². The van der Waals surface area contributed by atoms with E-state index in [0.717, 1.165) is 16.0 Å². The molecule has 34 heavy (non-hydrogen) atoms. The van der Waals surface area contributed by atoms with Gasteiger partial charge in [0.05, 0.1) is 35.5 Å². The zero-order valence-electron chi connectivity index (χ0n) is 19.4. The summed E-state index contributed by atoms with van der Waals surface area (Å²) in [7, 11) is -1.20. The molecule has 0 N–H and O–H groups in total. The lowest BCUT2D eigenvalue weighted by molar-refractivity contribution is -0.181. The van der Waals surface area contributed by atoms with Gasteiger partial charge >= 0.3 is 0 Å². The van der Waals surface area contributed by atoms with Gasteiger partial charge in [-0.3, -0.25) is 9.00 Å². The van der Waals surface area contributed by atoms with Crippen molar-refractivity contribution in [2.24, 2.45) is 0 Å². The van der Waals surface area contributed by atoms with Crippen LogP contribution in [0.3, 0.4) is 0 Å². The number of aromatic nitrogens is 1. The number of amides is 1. The summed E-state index contributed by atoms with van der Waals surface area (Å²) in [6.07, 6.45) is 1.39. The van der Waals surface area contributed by atoms with E-state index < -0.39 is 16.6 Å². The lowest BCUT2D eigenvalue weighted by Gasteiger charge is -2.37. The minimum absolute atomic E-state index is 0.00262. The standard InChI is InChI=1S/C26H28N2O5S/c1-18-3-9-22(10-4-18)34(30)17-23-19(2)33-24(27-23)20-5-7-21(8-6-20)25(29)28-13-11-26(12-14-28)31-15-16-32-26/h3-10H,11-17H2,1-2H3/t34-/m0/s1. The molecular weight excluding hydrogens is 452 g/mol. The van der Waals surface area contributed by atoms with Crippen molar-refractivity contribution in [1.82, 2.24) is 9.88 Å². The van der Waals surface area contributed by atoms with Crippen LogP contribution in [-0.2, 0) is 26.0 Å². The van der Waals surface area contributed by atoms with Gasteiger partial charge in [-0.15, -0.1) is 0 Å². The number of aryl methyl sites for hydroxylation is 2. The molecule has 1 atom stereocenters. The summed E-state index contributed by atoms with van der Waals surface area (Å²) in [5.74, 6) is 0.901. The lowest BCUT2D eigenvalue weighted by Crippen LogP contribution is -2.47. The molecule has 0 bridgehead atoms. The van der Waals surface area contributed by atoms with E-state index in [1.807, 2.05) is 55.1 Å². The quantitative estimate of drug-likeness (QED) is 0.543. The Bertz CT molecular complexity index is 1190. The summed E-state index contributed by atoms with van der Waals surface area (Å²) in [6, 6.07) is 15.0. The number of rotatable bonds is 5. The number of hydrogen-bond donors (Lipinski definition) is 0. The van der Waals surface area contributed by atoms with E-state index in [2.05, 4.69) is 4.98 Å². The third kappa shape index (κ3) is 4.71. The molecule has 0 radical (unpaired) electrons. The maximum atomic E-state index is 13.0. The molecule has 3 heterocycles. The molecule has 2 aliphatic rings. The Balaban J connectivity index is 1.24. The van der Waals surface area contributed by atoms with Crippen LogP contribution >= 0.6 is 0 Å². The van der Waals surface area contributed by atoms with Crippen LogP contribution in [0, 0.1) is 13.8 Å². The van der Waals surface area contributed by atoms with Gasteiger partial charge in [0.15, 0.2) is 5.79 Å². The van der Waals surface area contributed by atoms with Gasteiger partial charge in [0, 0.05) is 42.0 Å². The van der Waals surface area contributed by atoms with E-state index in [9.17, 15) is 9.00 Å². The van der Waals surface area contributed by atoms with E-state index >= 15 is 0 Å². The number of oxazole rings is 1. The molecule has 0 aliphatic carbocycles. The van der Waals surface area contributed by atoms with Gasteiger partial charge in [-0.25, -0.2) is 4.98 Å². The number of hydrogen-bond acceptors (Lipinski definition) is 6. The highest BCUT2D eigenvalue weighted by molar-refractivity contribution is 7.84. The normalized spacial score (nSPS) is 18.4. The monoisotopic (exact) mass is 480 g/mol. The average Bonchev–Trinajstić information content (AvgIpc) is 3.46. The molecule has 2 aromatic carbocycles. The number of nitrogens with zero attached hydrogens (tertiary/aromatic N) is 2. The fraction of sp³-hybridized carbons (Fsp3) is 0.385. The fourth-order valence-electron chi connectivity index (χ4n) is 4.36. The van der Waals surface area contributed by atoms with Crippen molar-refractivity contribution in [3.63, 3.8) is 0 Å². The van der Waals surface area contributed by atoms with Crippen LogP contribution < -0.4 is 0 Å². The Morgan fingerprint density at radius 1 is 1.00 bits per heavy atom. The summed E-state index contributed by atoms with van der Waals surface area (Å²) < 4.78 is 30.1. The lowest BCUT2D eigenvalue weighted by atomic mass is 10.0. The Labute approximate surface area is 201 Å². The number of benzene rings is 2. The molecule has 178 valence electrons. The van der Waals surface area contributed by atoms with Gasteiger partial charge in [-0.2, -0.15) is 0 Å². The summed E-state index contributed by atoms with van der Waals surface area (Å²) in [6.45, 7) is 6.30. The van der Waals surface area contributed by atoms with Gasteiger partial charge in [-0.1, -0.05) is 17.7 Å². The minimum Gasteiger partial charge on any atom is -0.441 e. The number of likely N-dealkylation sites (tertiary alicyclic amines) is 1. The van der Waals surface area contributed by atoms with Crippen molar-refractivity contribution in [2.75, 3.05) is 26.3 Å². The smallest absolute Gasteiger partial charge is 0.253 e. The molecule has 1 amide bonds.